The molecule has 3 rings (SSSR count). The van der Waals surface area contributed by atoms with Crippen LogP contribution in [0.15, 0.2) is 18.2 Å². The zero-order valence-corrected chi connectivity index (χ0v) is 11.7. The third kappa shape index (κ3) is 2.46. The van der Waals surface area contributed by atoms with Gasteiger partial charge in [-0.3, -0.25) is 0 Å². The Morgan fingerprint density at radius 1 is 1.50 bits per heavy atom. The van der Waals surface area contributed by atoms with Crippen LogP contribution in [0.2, 0.25) is 5.02 Å². The van der Waals surface area contributed by atoms with Crippen LogP contribution in [-0.2, 0) is 4.74 Å². The van der Waals surface area contributed by atoms with Gasteiger partial charge in [-0.1, -0.05) is 22.9 Å². The molecule has 1 aromatic carbocycles. The van der Waals surface area contributed by atoms with Crippen LogP contribution in [0.3, 0.4) is 0 Å². The number of nitrogens with zero attached hydrogens (tertiary/aromatic N) is 1. The summed E-state index contributed by atoms with van der Waals surface area (Å²) >= 11 is 7.63. The summed E-state index contributed by atoms with van der Waals surface area (Å²) < 4.78 is 6.72. The first-order valence-electron chi connectivity index (χ1n) is 6.19. The van der Waals surface area contributed by atoms with Crippen molar-refractivity contribution in [1.82, 2.24) is 4.98 Å². The Hall–Kier alpha value is -0.840. The molecule has 96 valence electrons. The van der Waals surface area contributed by atoms with Crippen molar-refractivity contribution in [2.75, 3.05) is 11.9 Å². The van der Waals surface area contributed by atoms with Crippen molar-refractivity contribution in [1.29, 1.82) is 0 Å². The van der Waals surface area contributed by atoms with Gasteiger partial charge in [-0.15, -0.1) is 0 Å². The zero-order chi connectivity index (χ0) is 12.5. The molecule has 1 N–H and O–H groups in total. The predicted molar refractivity (Wildman–Crippen MR) is 76.7 cm³/mol. The van der Waals surface area contributed by atoms with Crippen molar-refractivity contribution < 1.29 is 4.74 Å². The summed E-state index contributed by atoms with van der Waals surface area (Å²) in [6, 6.07) is 6.32. The molecule has 0 unspecified atom stereocenters. The Morgan fingerprint density at radius 3 is 3.11 bits per heavy atom. The fourth-order valence-corrected chi connectivity index (χ4v) is 3.28. The lowest BCUT2D eigenvalue weighted by Gasteiger charge is -2.35. The predicted octanol–water partition coefficient (Wildman–Crippen LogP) is 3.93. The second kappa shape index (κ2) is 5.03. The normalized spacial score (nSPS) is 23.0. The van der Waals surface area contributed by atoms with E-state index in [4.69, 9.17) is 16.3 Å². The van der Waals surface area contributed by atoms with Crippen LogP contribution in [0.5, 0.6) is 0 Å². The van der Waals surface area contributed by atoms with E-state index in [1.54, 1.807) is 11.3 Å². The summed E-state index contributed by atoms with van der Waals surface area (Å²) in [6.45, 7) is 2.84. The zero-order valence-electron chi connectivity index (χ0n) is 10.1. The number of rotatable bonds is 4. The summed E-state index contributed by atoms with van der Waals surface area (Å²) in [5.41, 5.74) is 0.968. The fraction of sp³-hybridized carbons (Fsp3) is 0.462. The molecule has 0 saturated heterocycles. The Balaban J connectivity index is 1.65. The van der Waals surface area contributed by atoms with E-state index in [9.17, 15) is 0 Å². The highest BCUT2D eigenvalue weighted by atomic mass is 35.5. The number of thiazole rings is 1. The number of hydrogen-bond acceptors (Lipinski definition) is 4. The van der Waals surface area contributed by atoms with Crippen LogP contribution in [0.4, 0.5) is 5.13 Å². The van der Waals surface area contributed by atoms with Gasteiger partial charge in [-0.05, 0) is 38.0 Å². The smallest absolute Gasteiger partial charge is 0.184 e. The summed E-state index contributed by atoms with van der Waals surface area (Å²) in [5, 5.41) is 5.17. The van der Waals surface area contributed by atoms with E-state index < -0.39 is 0 Å². The highest BCUT2D eigenvalue weighted by molar-refractivity contribution is 7.22. The molecule has 0 amide bonds. The van der Waals surface area contributed by atoms with Crippen LogP contribution in [0.25, 0.3) is 10.2 Å². The van der Waals surface area contributed by atoms with E-state index in [0.717, 1.165) is 35.1 Å². The lowest BCUT2D eigenvalue weighted by atomic mass is 9.89. The van der Waals surface area contributed by atoms with Gasteiger partial charge in [0.1, 0.15) is 0 Å². The number of nitrogens with one attached hydrogen (secondary N) is 1. The molecule has 1 aliphatic carbocycles. The summed E-state index contributed by atoms with van der Waals surface area (Å²) in [7, 11) is 0. The van der Waals surface area contributed by atoms with Crippen LogP contribution >= 0.6 is 22.9 Å². The lowest BCUT2D eigenvalue weighted by Crippen LogP contribution is -2.40. The van der Waals surface area contributed by atoms with Crippen LogP contribution in [-0.4, -0.2) is 23.7 Å². The van der Waals surface area contributed by atoms with Crippen molar-refractivity contribution in [3.05, 3.63) is 23.2 Å². The van der Waals surface area contributed by atoms with Crippen LogP contribution in [0.1, 0.15) is 19.8 Å². The fourth-order valence-electron chi connectivity index (χ4n) is 2.19. The molecule has 1 saturated carbocycles. The van der Waals surface area contributed by atoms with E-state index in [2.05, 4.69) is 10.3 Å². The molecule has 18 heavy (non-hydrogen) atoms. The van der Waals surface area contributed by atoms with Crippen molar-refractivity contribution in [2.24, 2.45) is 0 Å². The molecule has 0 atom stereocenters. The number of aromatic nitrogens is 1. The maximum atomic E-state index is 5.95. The monoisotopic (exact) mass is 282 g/mol. The maximum absolute atomic E-state index is 5.95. The van der Waals surface area contributed by atoms with Crippen LogP contribution in [0, 0.1) is 0 Å². The van der Waals surface area contributed by atoms with Crippen molar-refractivity contribution in [3.8, 4) is 0 Å². The second-order valence-corrected chi connectivity index (χ2v) is 5.99. The van der Waals surface area contributed by atoms with Crippen molar-refractivity contribution >= 4 is 38.3 Å². The molecule has 1 aromatic heterocycles. The summed E-state index contributed by atoms with van der Waals surface area (Å²) in [4.78, 5) is 4.55. The van der Waals surface area contributed by atoms with E-state index in [0.29, 0.717) is 12.1 Å². The number of anilines is 1. The molecule has 5 heteroatoms. The highest BCUT2D eigenvalue weighted by Crippen LogP contribution is 2.32. The van der Waals surface area contributed by atoms with E-state index in [1.165, 1.54) is 4.70 Å². The minimum atomic E-state index is 0.427. The standard InChI is InChI=1S/C13H15ClN2OS/c1-2-17-10-6-9(7-10)15-13-16-11-5-8(14)3-4-12(11)18-13/h3-5,9-10H,2,6-7H2,1H3,(H,15,16). The Kier molecular flexibility index (Phi) is 3.41. The third-order valence-corrected chi connectivity index (χ3v) is 4.38. The highest BCUT2D eigenvalue weighted by Gasteiger charge is 2.29. The van der Waals surface area contributed by atoms with Crippen LogP contribution < -0.4 is 5.32 Å². The Morgan fingerprint density at radius 2 is 2.33 bits per heavy atom. The maximum Gasteiger partial charge on any atom is 0.184 e. The van der Waals surface area contributed by atoms with E-state index in [1.807, 2.05) is 25.1 Å². The molecule has 0 aliphatic heterocycles. The topological polar surface area (TPSA) is 34.1 Å². The molecule has 2 aromatic rings. The Labute approximate surface area is 115 Å². The first-order valence-corrected chi connectivity index (χ1v) is 7.38. The average Bonchev–Trinajstić information content (AvgIpc) is 2.68. The third-order valence-electron chi connectivity index (χ3n) is 3.17. The molecule has 0 radical (unpaired) electrons. The lowest BCUT2D eigenvalue weighted by molar-refractivity contribution is 0.00299. The molecule has 1 heterocycles. The SMILES string of the molecule is CCOC1CC(Nc2nc3cc(Cl)ccc3s2)C1. The molecular weight excluding hydrogens is 268 g/mol. The van der Waals surface area contributed by atoms with Gasteiger partial charge in [0.25, 0.3) is 0 Å². The van der Waals surface area contributed by atoms with Crippen molar-refractivity contribution in [3.63, 3.8) is 0 Å². The average molecular weight is 283 g/mol. The van der Waals surface area contributed by atoms with Gasteiger partial charge in [0.05, 0.1) is 16.3 Å². The van der Waals surface area contributed by atoms with Gasteiger partial charge >= 0.3 is 0 Å². The second-order valence-electron chi connectivity index (χ2n) is 4.52. The first kappa shape index (κ1) is 12.2. The molecule has 1 fully saturated rings. The number of ether oxygens (including phenoxy) is 1. The molecule has 0 bridgehead atoms. The van der Waals surface area contributed by atoms with Gasteiger partial charge in [0, 0.05) is 17.7 Å². The molecule has 3 nitrogen and oxygen atoms in total. The molecular formula is C13H15ClN2OS. The quantitative estimate of drug-likeness (QED) is 0.923. The number of benzene rings is 1. The van der Waals surface area contributed by atoms with Gasteiger partial charge in [-0.25, -0.2) is 4.98 Å². The van der Waals surface area contributed by atoms with Gasteiger partial charge < -0.3 is 10.1 Å². The minimum absolute atomic E-state index is 0.427. The molecule has 1 aliphatic rings. The summed E-state index contributed by atoms with van der Waals surface area (Å²) in [5.74, 6) is 0. The first-order chi connectivity index (χ1) is 8.74. The van der Waals surface area contributed by atoms with Gasteiger partial charge in [0.2, 0.25) is 0 Å². The van der Waals surface area contributed by atoms with Gasteiger partial charge in [-0.2, -0.15) is 0 Å². The number of fused-ring (bicyclic) bond motifs is 1. The molecule has 0 spiro atoms. The minimum Gasteiger partial charge on any atom is -0.378 e. The van der Waals surface area contributed by atoms with E-state index >= 15 is 0 Å². The largest absolute Gasteiger partial charge is 0.378 e. The summed E-state index contributed by atoms with van der Waals surface area (Å²) in [6.07, 6.45) is 2.58. The van der Waals surface area contributed by atoms with E-state index in [-0.39, 0.29) is 0 Å². The number of halogens is 1. The Bertz CT molecular complexity index is 551. The van der Waals surface area contributed by atoms with Gasteiger partial charge in [0.15, 0.2) is 5.13 Å². The van der Waals surface area contributed by atoms with Crippen molar-refractivity contribution in [2.45, 2.75) is 31.9 Å². The number of hydrogen-bond donors (Lipinski definition) is 1.